The number of fused-ring (bicyclic) bond motifs is 1. The number of nitrogens with two attached hydrogens (primary N) is 1. The maximum absolute atomic E-state index is 12.1. The Morgan fingerprint density at radius 3 is 2.86 bits per heavy atom. The Morgan fingerprint density at radius 2 is 2.05 bits per heavy atom. The van der Waals surface area contributed by atoms with Crippen molar-refractivity contribution in [3.05, 3.63) is 29.3 Å². The zero-order valence-electron chi connectivity index (χ0n) is 12.5. The summed E-state index contributed by atoms with van der Waals surface area (Å²) in [5.41, 5.74) is 8.66. The quantitative estimate of drug-likeness (QED) is 0.929. The monoisotopic (exact) mass is 288 g/mol. The van der Waals surface area contributed by atoms with Crippen LogP contribution in [0, 0.1) is 0 Å². The second kappa shape index (κ2) is 6.48. The molecule has 2 aliphatic rings. The van der Waals surface area contributed by atoms with E-state index in [1.807, 2.05) is 17.0 Å². The summed E-state index contributed by atoms with van der Waals surface area (Å²) >= 11 is 0. The summed E-state index contributed by atoms with van der Waals surface area (Å²) < 4.78 is 5.69. The van der Waals surface area contributed by atoms with Crippen molar-refractivity contribution in [2.75, 3.05) is 19.7 Å². The molecule has 1 heterocycles. The van der Waals surface area contributed by atoms with Crippen LogP contribution in [0.5, 0.6) is 5.75 Å². The number of carbonyl (C=O) groups excluding carboxylic acids is 1. The first kappa shape index (κ1) is 14.4. The Hall–Kier alpha value is -1.55. The van der Waals surface area contributed by atoms with Crippen molar-refractivity contribution in [1.82, 2.24) is 4.90 Å². The summed E-state index contributed by atoms with van der Waals surface area (Å²) in [7, 11) is 0. The molecule has 0 saturated carbocycles. The molecule has 0 aromatic heterocycles. The van der Waals surface area contributed by atoms with Crippen molar-refractivity contribution < 1.29 is 9.53 Å². The highest BCUT2D eigenvalue weighted by molar-refractivity contribution is 5.77. The van der Waals surface area contributed by atoms with Crippen LogP contribution < -0.4 is 10.5 Å². The second-order valence-corrected chi connectivity index (χ2v) is 6.09. The van der Waals surface area contributed by atoms with E-state index in [9.17, 15) is 4.79 Å². The summed E-state index contributed by atoms with van der Waals surface area (Å²) in [6.07, 6.45) is 6.73. The number of amides is 1. The predicted molar refractivity (Wildman–Crippen MR) is 82.2 cm³/mol. The topological polar surface area (TPSA) is 55.6 Å². The highest BCUT2D eigenvalue weighted by Crippen LogP contribution is 2.30. The minimum Gasteiger partial charge on any atom is -0.484 e. The van der Waals surface area contributed by atoms with Gasteiger partial charge in [-0.25, -0.2) is 0 Å². The number of carbonyl (C=O) groups is 1. The van der Waals surface area contributed by atoms with Crippen LogP contribution in [-0.2, 0) is 11.2 Å². The maximum Gasteiger partial charge on any atom is 0.260 e. The van der Waals surface area contributed by atoms with Crippen molar-refractivity contribution in [3.63, 3.8) is 0 Å². The van der Waals surface area contributed by atoms with Crippen molar-refractivity contribution in [1.29, 1.82) is 0 Å². The third kappa shape index (κ3) is 3.38. The molecular weight excluding hydrogens is 264 g/mol. The van der Waals surface area contributed by atoms with E-state index in [1.165, 1.54) is 17.5 Å². The molecule has 4 nitrogen and oxygen atoms in total. The molecule has 0 radical (unpaired) electrons. The molecule has 1 unspecified atom stereocenters. The number of piperidine rings is 1. The van der Waals surface area contributed by atoms with Crippen molar-refractivity contribution >= 4 is 5.91 Å². The van der Waals surface area contributed by atoms with Gasteiger partial charge in [-0.2, -0.15) is 0 Å². The molecule has 1 aromatic rings. The van der Waals surface area contributed by atoms with E-state index in [1.54, 1.807) is 0 Å². The lowest BCUT2D eigenvalue weighted by Crippen LogP contribution is -2.38. The number of hydrogen-bond donors (Lipinski definition) is 1. The normalized spacial score (nSPS) is 21.8. The van der Waals surface area contributed by atoms with E-state index in [-0.39, 0.29) is 18.6 Å². The van der Waals surface area contributed by atoms with E-state index in [0.29, 0.717) is 0 Å². The number of ether oxygens (including phenoxy) is 1. The molecule has 1 aliphatic heterocycles. The zero-order chi connectivity index (χ0) is 14.7. The SMILES string of the molecule is NC1CCCc2ccc(OCC(=O)N3CCCCC3)cc21. The lowest BCUT2D eigenvalue weighted by Gasteiger charge is -2.27. The fraction of sp³-hybridized carbons (Fsp3) is 0.588. The van der Waals surface area contributed by atoms with Crippen molar-refractivity contribution in [2.45, 2.75) is 44.6 Å². The first-order valence-corrected chi connectivity index (χ1v) is 8.03. The van der Waals surface area contributed by atoms with Crippen molar-refractivity contribution in [2.24, 2.45) is 5.73 Å². The Morgan fingerprint density at radius 1 is 1.24 bits per heavy atom. The van der Waals surface area contributed by atoms with Gasteiger partial charge < -0.3 is 15.4 Å². The summed E-state index contributed by atoms with van der Waals surface area (Å²) in [4.78, 5) is 14.0. The smallest absolute Gasteiger partial charge is 0.260 e. The summed E-state index contributed by atoms with van der Waals surface area (Å²) in [6, 6.07) is 6.17. The highest BCUT2D eigenvalue weighted by atomic mass is 16.5. The minimum absolute atomic E-state index is 0.0942. The number of nitrogens with zero attached hydrogens (tertiary/aromatic N) is 1. The van der Waals surface area contributed by atoms with E-state index in [4.69, 9.17) is 10.5 Å². The molecule has 1 saturated heterocycles. The Balaban J connectivity index is 1.60. The molecule has 2 N–H and O–H groups in total. The van der Waals surface area contributed by atoms with Gasteiger partial charge in [-0.1, -0.05) is 6.07 Å². The van der Waals surface area contributed by atoms with Gasteiger partial charge in [-0.05, 0) is 61.8 Å². The average Bonchev–Trinajstić information content (AvgIpc) is 2.54. The molecule has 114 valence electrons. The van der Waals surface area contributed by atoms with E-state index in [2.05, 4.69) is 6.07 Å². The van der Waals surface area contributed by atoms with Crippen LogP contribution in [0.2, 0.25) is 0 Å². The van der Waals surface area contributed by atoms with Gasteiger partial charge in [0.2, 0.25) is 0 Å². The molecule has 1 fully saturated rings. The van der Waals surface area contributed by atoms with Gasteiger partial charge in [-0.3, -0.25) is 4.79 Å². The summed E-state index contributed by atoms with van der Waals surface area (Å²) in [6.45, 7) is 1.88. The highest BCUT2D eigenvalue weighted by Gasteiger charge is 2.19. The molecule has 1 atom stereocenters. The number of benzene rings is 1. The number of aryl methyl sites for hydroxylation is 1. The third-order valence-corrected chi connectivity index (χ3v) is 4.55. The van der Waals surface area contributed by atoms with E-state index >= 15 is 0 Å². The first-order valence-electron chi connectivity index (χ1n) is 8.03. The average molecular weight is 288 g/mol. The van der Waals surface area contributed by atoms with Gasteiger partial charge in [-0.15, -0.1) is 0 Å². The zero-order valence-corrected chi connectivity index (χ0v) is 12.5. The maximum atomic E-state index is 12.1. The van der Waals surface area contributed by atoms with Crippen LogP contribution in [0.4, 0.5) is 0 Å². The lowest BCUT2D eigenvalue weighted by molar-refractivity contribution is -0.134. The fourth-order valence-electron chi connectivity index (χ4n) is 3.28. The predicted octanol–water partition coefficient (Wildman–Crippen LogP) is 2.41. The van der Waals surface area contributed by atoms with Crippen LogP contribution in [-0.4, -0.2) is 30.5 Å². The molecule has 3 rings (SSSR count). The molecular formula is C17H24N2O2. The fourth-order valence-corrected chi connectivity index (χ4v) is 3.28. The van der Waals surface area contributed by atoms with Crippen LogP contribution in [0.1, 0.15) is 49.3 Å². The van der Waals surface area contributed by atoms with Crippen molar-refractivity contribution in [3.8, 4) is 5.75 Å². The van der Waals surface area contributed by atoms with Gasteiger partial charge in [0.25, 0.3) is 5.91 Å². The first-order chi connectivity index (χ1) is 10.2. The lowest BCUT2D eigenvalue weighted by atomic mass is 9.88. The Labute approximate surface area is 126 Å². The van der Waals surface area contributed by atoms with Gasteiger partial charge in [0, 0.05) is 19.1 Å². The molecule has 0 bridgehead atoms. The van der Waals surface area contributed by atoms with Gasteiger partial charge in [0.1, 0.15) is 5.75 Å². The Kier molecular flexibility index (Phi) is 4.44. The molecule has 1 aromatic carbocycles. The van der Waals surface area contributed by atoms with Crippen LogP contribution in [0.15, 0.2) is 18.2 Å². The van der Waals surface area contributed by atoms with E-state index < -0.39 is 0 Å². The molecule has 4 heteroatoms. The second-order valence-electron chi connectivity index (χ2n) is 6.09. The Bertz CT molecular complexity index is 510. The van der Waals surface area contributed by atoms with Crippen LogP contribution in [0.3, 0.4) is 0 Å². The third-order valence-electron chi connectivity index (χ3n) is 4.55. The molecule has 1 aliphatic carbocycles. The molecule has 0 spiro atoms. The number of rotatable bonds is 3. The molecule has 21 heavy (non-hydrogen) atoms. The standard InChI is InChI=1S/C17H24N2O2/c18-16-6-4-5-13-7-8-14(11-15(13)16)21-12-17(20)19-9-2-1-3-10-19/h7-8,11,16H,1-6,9-10,12,18H2. The largest absolute Gasteiger partial charge is 0.484 e. The van der Waals surface area contributed by atoms with Gasteiger partial charge in [0.05, 0.1) is 0 Å². The van der Waals surface area contributed by atoms with Gasteiger partial charge in [0.15, 0.2) is 6.61 Å². The van der Waals surface area contributed by atoms with Crippen LogP contribution >= 0.6 is 0 Å². The number of hydrogen-bond acceptors (Lipinski definition) is 3. The van der Waals surface area contributed by atoms with E-state index in [0.717, 1.165) is 50.9 Å². The van der Waals surface area contributed by atoms with Crippen LogP contribution in [0.25, 0.3) is 0 Å². The molecule has 1 amide bonds. The summed E-state index contributed by atoms with van der Waals surface area (Å²) in [5.74, 6) is 0.855. The summed E-state index contributed by atoms with van der Waals surface area (Å²) in [5, 5.41) is 0. The number of likely N-dealkylation sites (tertiary alicyclic amines) is 1. The van der Waals surface area contributed by atoms with Gasteiger partial charge >= 0.3 is 0 Å². The minimum atomic E-state index is 0.0942.